The SMILES string of the molecule is FC(F)(F)c1cccc(Nc2[nH][nH]c3c4ccc(Br)cc4cc2-3)c1. The Balaban J connectivity index is 1.73. The topological polar surface area (TPSA) is 43.6 Å². The minimum Gasteiger partial charge on any atom is -0.340 e. The summed E-state index contributed by atoms with van der Waals surface area (Å²) in [6.07, 6.45) is -4.36. The Morgan fingerprint density at radius 3 is 2.58 bits per heavy atom. The number of aromatic nitrogens is 2. The summed E-state index contributed by atoms with van der Waals surface area (Å²) in [5.41, 5.74) is 1.48. The van der Waals surface area contributed by atoms with Crippen molar-refractivity contribution >= 4 is 38.2 Å². The Labute approximate surface area is 143 Å². The van der Waals surface area contributed by atoms with Crippen LogP contribution >= 0.6 is 15.9 Å². The summed E-state index contributed by atoms with van der Waals surface area (Å²) in [6, 6.07) is 13.0. The summed E-state index contributed by atoms with van der Waals surface area (Å²) in [5, 5.41) is 11.2. The average Bonchev–Trinajstić information content (AvgIpc) is 3.06. The van der Waals surface area contributed by atoms with E-state index in [-0.39, 0.29) is 0 Å². The maximum atomic E-state index is 12.8. The molecule has 4 rings (SSSR count). The number of hydrogen-bond donors (Lipinski definition) is 3. The van der Waals surface area contributed by atoms with Gasteiger partial charge in [0.1, 0.15) is 5.82 Å². The predicted octanol–water partition coefficient (Wildman–Crippen LogP) is 6.13. The quantitative estimate of drug-likeness (QED) is 0.377. The van der Waals surface area contributed by atoms with Crippen molar-refractivity contribution in [1.29, 1.82) is 0 Å². The normalized spacial score (nSPS) is 12.2. The standard InChI is InChI=1S/C17H11BrF3N3/c18-11-4-5-13-9(6-11)7-14-15(13)23-24-16(14)22-12-3-1-2-10(8-12)17(19,20)21/h1-8,22-24H. The highest BCUT2D eigenvalue weighted by Crippen LogP contribution is 2.39. The largest absolute Gasteiger partial charge is 0.416 e. The Kier molecular flexibility index (Phi) is 3.35. The fourth-order valence-electron chi connectivity index (χ4n) is 2.79. The molecule has 0 amide bonds. The Bertz CT molecular complexity index is 1000. The van der Waals surface area contributed by atoms with Gasteiger partial charge in [-0.15, -0.1) is 0 Å². The molecule has 0 spiro atoms. The first kappa shape index (κ1) is 15.1. The van der Waals surface area contributed by atoms with Gasteiger partial charge in [0, 0.05) is 21.1 Å². The van der Waals surface area contributed by atoms with Crippen LogP contribution in [0, 0.1) is 0 Å². The predicted molar refractivity (Wildman–Crippen MR) is 91.7 cm³/mol. The second kappa shape index (κ2) is 5.31. The number of benzene rings is 2. The van der Waals surface area contributed by atoms with Crippen LogP contribution in [0.1, 0.15) is 5.56 Å². The number of rotatable bonds is 2. The van der Waals surface area contributed by atoms with Crippen molar-refractivity contribution in [3.63, 3.8) is 0 Å². The molecule has 1 aliphatic carbocycles. The molecule has 0 bridgehead atoms. The molecule has 122 valence electrons. The molecule has 1 aliphatic heterocycles. The zero-order valence-corrected chi connectivity index (χ0v) is 13.7. The fourth-order valence-corrected chi connectivity index (χ4v) is 3.17. The molecular formula is C17H11BrF3N3. The van der Waals surface area contributed by atoms with E-state index in [1.54, 1.807) is 6.07 Å². The van der Waals surface area contributed by atoms with Crippen LogP contribution in [0.3, 0.4) is 0 Å². The first-order valence-electron chi connectivity index (χ1n) is 7.14. The summed E-state index contributed by atoms with van der Waals surface area (Å²) in [6.45, 7) is 0. The number of anilines is 2. The molecule has 3 N–H and O–H groups in total. The maximum absolute atomic E-state index is 12.8. The van der Waals surface area contributed by atoms with Gasteiger partial charge < -0.3 is 5.32 Å². The molecule has 2 aromatic rings. The second-order valence-electron chi connectivity index (χ2n) is 5.49. The third-order valence-electron chi connectivity index (χ3n) is 3.89. The monoisotopic (exact) mass is 393 g/mol. The molecule has 1 heterocycles. The smallest absolute Gasteiger partial charge is 0.340 e. The minimum absolute atomic E-state index is 0.369. The second-order valence-corrected chi connectivity index (χ2v) is 6.41. The van der Waals surface area contributed by atoms with E-state index in [0.29, 0.717) is 11.5 Å². The molecule has 0 unspecified atom stereocenters. The van der Waals surface area contributed by atoms with E-state index in [2.05, 4.69) is 31.4 Å². The lowest BCUT2D eigenvalue weighted by Gasteiger charge is -2.10. The van der Waals surface area contributed by atoms with Crippen LogP contribution < -0.4 is 5.32 Å². The molecule has 7 heteroatoms. The zero-order chi connectivity index (χ0) is 16.9. The van der Waals surface area contributed by atoms with Crippen molar-refractivity contribution in [2.75, 3.05) is 5.32 Å². The van der Waals surface area contributed by atoms with Gasteiger partial charge in [0.05, 0.1) is 11.3 Å². The van der Waals surface area contributed by atoms with E-state index in [1.165, 1.54) is 6.07 Å². The number of alkyl halides is 3. The average molecular weight is 394 g/mol. The van der Waals surface area contributed by atoms with Crippen LogP contribution in [0.2, 0.25) is 0 Å². The summed E-state index contributed by atoms with van der Waals surface area (Å²) in [4.78, 5) is 0. The van der Waals surface area contributed by atoms with Gasteiger partial charge in [-0.2, -0.15) is 13.2 Å². The van der Waals surface area contributed by atoms with Gasteiger partial charge in [-0.05, 0) is 41.8 Å². The Morgan fingerprint density at radius 2 is 1.79 bits per heavy atom. The lowest BCUT2D eigenvalue weighted by molar-refractivity contribution is -0.137. The molecule has 0 aromatic heterocycles. The minimum atomic E-state index is -4.36. The first-order chi connectivity index (χ1) is 11.4. The lowest BCUT2D eigenvalue weighted by Crippen LogP contribution is -2.05. The van der Waals surface area contributed by atoms with Gasteiger partial charge in [-0.25, -0.2) is 0 Å². The molecule has 2 aromatic carbocycles. The van der Waals surface area contributed by atoms with E-state index >= 15 is 0 Å². The lowest BCUT2D eigenvalue weighted by atomic mass is 10.2. The van der Waals surface area contributed by atoms with E-state index in [0.717, 1.165) is 38.6 Å². The van der Waals surface area contributed by atoms with Crippen LogP contribution in [0.4, 0.5) is 24.7 Å². The van der Waals surface area contributed by atoms with Crippen LogP contribution in [-0.2, 0) is 6.18 Å². The molecule has 0 atom stereocenters. The van der Waals surface area contributed by atoms with Gasteiger partial charge in [0.2, 0.25) is 0 Å². The van der Waals surface area contributed by atoms with Crippen molar-refractivity contribution in [3.8, 4) is 11.3 Å². The van der Waals surface area contributed by atoms with Crippen LogP contribution in [-0.4, -0.2) is 10.2 Å². The highest BCUT2D eigenvalue weighted by molar-refractivity contribution is 9.10. The molecule has 24 heavy (non-hydrogen) atoms. The van der Waals surface area contributed by atoms with E-state index in [1.807, 2.05) is 24.3 Å². The molecule has 3 nitrogen and oxygen atoms in total. The molecule has 0 fully saturated rings. The van der Waals surface area contributed by atoms with Crippen molar-refractivity contribution in [2.45, 2.75) is 6.18 Å². The van der Waals surface area contributed by atoms with Crippen LogP contribution in [0.25, 0.3) is 22.0 Å². The molecule has 2 aliphatic rings. The highest BCUT2D eigenvalue weighted by Gasteiger charge is 2.30. The molecular weight excluding hydrogens is 383 g/mol. The summed E-state index contributed by atoms with van der Waals surface area (Å²) >= 11 is 3.44. The first-order valence-corrected chi connectivity index (χ1v) is 7.94. The van der Waals surface area contributed by atoms with Crippen molar-refractivity contribution in [2.24, 2.45) is 0 Å². The Morgan fingerprint density at radius 1 is 0.958 bits per heavy atom. The number of aromatic amines is 2. The number of halogens is 4. The fraction of sp³-hybridized carbons (Fsp3) is 0.0588. The van der Waals surface area contributed by atoms with Crippen molar-refractivity contribution < 1.29 is 13.2 Å². The van der Waals surface area contributed by atoms with Gasteiger partial charge in [-0.3, -0.25) is 10.2 Å². The van der Waals surface area contributed by atoms with Crippen molar-refractivity contribution in [1.82, 2.24) is 10.2 Å². The van der Waals surface area contributed by atoms with Crippen molar-refractivity contribution in [3.05, 3.63) is 58.6 Å². The number of fused-ring (bicyclic) bond motifs is 3. The molecule has 0 saturated heterocycles. The summed E-state index contributed by atoms with van der Waals surface area (Å²) in [5.74, 6) is 0.622. The van der Waals surface area contributed by atoms with Gasteiger partial charge in [0.15, 0.2) is 0 Å². The highest BCUT2D eigenvalue weighted by atomic mass is 79.9. The van der Waals surface area contributed by atoms with E-state index in [9.17, 15) is 13.2 Å². The van der Waals surface area contributed by atoms with E-state index in [4.69, 9.17) is 0 Å². The van der Waals surface area contributed by atoms with Gasteiger partial charge in [0.25, 0.3) is 0 Å². The van der Waals surface area contributed by atoms with Gasteiger partial charge >= 0.3 is 6.18 Å². The summed E-state index contributed by atoms with van der Waals surface area (Å²) in [7, 11) is 0. The third-order valence-corrected chi connectivity index (χ3v) is 4.39. The number of hydrogen-bond acceptors (Lipinski definition) is 1. The zero-order valence-electron chi connectivity index (χ0n) is 12.1. The summed E-state index contributed by atoms with van der Waals surface area (Å²) < 4.78 is 39.5. The number of H-pyrrole nitrogens is 2. The van der Waals surface area contributed by atoms with Crippen LogP contribution in [0.5, 0.6) is 0 Å². The molecule has 0 saturated carbocycles. The third kappa shape index (κ3) is 2.54. The Hall–Kier alpha value is -2.41. The number of nitrogens with one attached hydrogen (secondary N) is 3. The van der Waals surface area contributed by atoms with Gasteiger partial charge in [-0.1, -0.05) is 28.1 Å². The maximum Gasteiger partial charge on any atom is 0.416 e. The van der Waals surface area contributed by atoms with E-state index < -0.39 is 11.7 Å². The van der Waals surface area contributed by atoms with Crippen LogP contribution in [0.15, 0.2) is 53.0 Å². The molecule has 0 radical (unpaired) electrons.